The lowest BCUT2D eigenvalue weighted by molar-refractivity contribution is 0.161. The Hall–Kier alpha value is -0.860. The van der Waals surface area contributed by atoms with Crippen LogP contribution < -0.4 is 5.73 Å². The predicted molar refractivity (Wildman–Crippen MR) is 63.8 cm³/mol. The van der Waals surface area contributed by atoms with Gasteiger partial charge in [-0.05, 0) is 38.4 Å². The number of nitrogens with two attached hydrogens (primary N) is 1. The number of likely N-dealkylation sites (tertiary alicyclic amines) is 1. The largest absolute Gasteiger partial charge is 0.326 e. The van der Waals surface area contributed by atoms with Gasteiger partial charge in [0.05, 0.1) is 0 Å². The average Bonchev–Trinajstić information content (AvgIpc) is 2.25. The van der Waals surface area contributed by atoms with Crippen molar-refractivity contribution in [3.05, 3.63) is 35.9 Å². The van der Waals surface area contributed by atoms with E-state index in [0.717, 1.165) is 6.42 Å². The maximum Gasteiger partial charge on any atom is 0.0284 e. The van der Waals surface area contributed by atoms with Crippen molar-refractivity contribution in [1.29, 1.82) is 0 Å². The molecule has 1 saturated heterocycles. The lowest BCUT2D eigenvalue weighted by Crippen LogP contribution is -2.51. The Morgan fingerprint density at radius 1 is 1.33 bits per heavy atom. The molecule has 1 aliphatic heterocycles. The van der Waals surface area contributed by atoms with Gasteiger partial charge in [-0.25, -0.2) is 0 Å². The first-order valence-electron chi connectivity index (χ1n) is 5.77. The topological polar surface area (TPSA) is 29.3 Å². The monoisotopic (exact) mass is 204 g/mol. The van der Waals surface area contributed by atoms with Crippen LogP contribution >= 0.6 is 0 Å². The van der Waals surface area contributed by atoms with E-state index in [1.54, 1.807) is 0 Å². The third-order valence-electron chi connectivity index (χ3n) is 3.40. The third kappa shape index (κ3) is 2.58. The van der Waals surface area contributed by atoms with Gasteiger partial charge in [0.1, 0.15) is 0 Å². The quantitative estimate of drug-likeness (QED) is 0.793. The minimum Gasteiger partial charge on any atom is -0.326 e. The molecular formula is C13H20N2. The van der Waals surface area contributed by atoms with Gasteiger partial charge in [0, 0.05) is 12.1 Å². The summed E-state index contributed by atoms with van der Waals surface area (Å²) in [5.74, 6) is 0. The Balaban J connectivity index is 2.03. The molecule has 2 rings (SSSR count). The van der Waals surface area contributed by atoms with Crippen LogP contribution in [0, 0.1) is 0 Å². The fourth-order valence-corrected chi connectivity index (χ4v) is 2.42. The second-order valence-corrected chi connectivity index (χ2v) is 4.54. The van der Waals surface area contributed by atoms with Crippen LogP contribution in [0.15, 0.2) is 30.3 Å². The smallest absolute Gasteiger partial charge is 0.0284 e. The zero-order chi connectivity index (χ0) is 10.7. The van der Waals surface area contributed by atoms with Gasteiger partial charge >= 0.3 is 0 Å². The van der Waals surface area contributed by atoms with Gasteiger partial charge < -0.3 is 10.6 Å². The number of piperidine rings is 1. The van der Waals surface area contributed by atoms with Crippen molar-refractivity contribution in [2.24, 2.45) is 5.73 Å². The van der Waals surface area contributed by atoms with E-state index in [2.05, 4.69) is 42.3 Å². The molecule has 1 heterocycles. The Bertz CT molecular complexity index is 287. The number of hydrogen-bond donors (Lipinski definition) is 1. The Morgan fingerprint density at radius 2 is 2.07 bits per heavy atom. The molecule has 2 N–H and O–H groups in total. The molecule has 15 heavy (non-hydrogen) atoms. The second-order valence-electron chi connectivity index (χ2n) is 4.54. The molecule has 0 saturated carbocycles. The molecule has 0 amide bonds. The van der Waals surface area contributed by atoms with E-state index >= 15 is 0 Å². The summed E-state index contributed by atoms with van der Waals surface area (Å²) in [6.45, 7) is 1.19. The van der Waals surface area contributed by atoms with Crippen LogP contribution in [0.1, 0.15) is 18.4 Å². The highest BCUT2D eigenvalue weighted by molar-refractivity contribution is 5.16. The summed E-state index contributed by atoms with van der Waals surface area (Å²) >= 11 is 0. The zero-order valence-corrected chi connectivity index (χ0v) is 9.39. The van der Waals surface area contributed by atoms with Gasteiger partial charge in [-0.1, -0.05) is 30.3 Å². The van der Waals surface area contributed by atoms with Gasteiger partial charge in [-0.2, -0.15) is 0 Å². The van der Waals surface area contributed by atoms with Gasteiger partial charge in [0.2, 0.25) is 0 Å². The van der Waals surface area contributed by atoms with Crippen molar-refractivity contribution in [3.63, 3.8) is 0 Å². The molecule has 0 aliphatic carbocycles. The van der Waals surface area contributed by atoms with Crippen molar-refractivity contribution in [2.75, 3.05) is 13.6 Å². The predicted octanol–water partition coefficient (Wildman–Crippen LogP) is 1.65. The lowest BCUT2D eigenvalue weighted by Gasteiger charge is -2.37. The summed E-state index contributed by atoms with van der Waals surface area (Å²) in [7, 11) is 2.19. The van der Waals surface area contributed by atoms with E-state index in [0.29, 0.717) is 12.1 Å². The number of likely N-dealkylation sites (N-methyl/N-ethyl adjacent to an activating group) is 1. The summed E-state index contributed by atoms with van der Waals surface area (Å²) < 4.78 is 0. The van der Waals surface area contributed by atoms with Gasteiger partial charge in [-0.15, -0.1) is 0 Å². The van der Waals surface area contributed by atoms with E-state index in [1.807, 2.05) is 0 Å². The van der Waals surface area contributed by atoms with Crippen LogP contribution in [-0.2, 0) is 6.42 Å². The molecule has 2 nitrogen and oxygen atoms in total. The van der Waals surface area contributed by atoms with E-state index in [4.69, 9.17) is 5.73 Å². The average molecular weight is 204 g/mol. The van der Waals surface area contributed by atoms with E-state index in [-0.39, 0.29) is 0 Å². The highest BCUT2D eigenvalue weighted by Crippen LogP contribution is 2.18. The number of nitrogens with zero attached hydrogens (tertiary/aromatic N) is 1. The fraction of sp³-hybridized carbons (Fsp3) is 0.538. The maximum absolute atomic E-state index is 6.18. The van der Waals surface area contributed by atoms with Crippen LogP contribution in [0.4, 0.5) is 0 Å². The molecule has 0 aromatic heterocycles. The highest BCUT2D eigenvalue weighted by atomic mass is 15.2. The van der Waals surface area contributed by atoms with Crippen LogP contribution in [-0.4, -0.2) is 30.6 Å². The van der Waals surface area contributed by atoms with Crippen molar-refractivity contribution in [3.8, 4) is 0 Å². The van der Waals surface area contributed by atoms with E-state index in [1.165, 1.54) is 24.9 Å². The van der Waals surface area contributed by atoms with Crippen molar-refractivity contribution < 1.29 is 0 Å². The first-order valence-corrected chi connectivity index (χ1v) is 5.77. The van der Waals surface area contributed by atoms with E-state index < -0.39 is 0 Å². The molecule has 82 valence electrons. The Kier molecular flexibility index (Phi) is 3.39. The summed E-state index contributed by atoms with van der Waals surface area (Å²) in [6, 6.07) is 11.5. The summed E-state index contributed by atoms with van der Waals surface area (Å²) in [6.07, 6.45) is 3.49. The molecule has 1 fully saturated rings. The molecule has 0 spiro atoms. The summed E-state index contributed by atoms with van der Waals surface area (Å²) in [4.78, 5) is 2.40. The van der Waals surface area contributed by atoms with Gasteiger partial charge in [0.15, 0.2) is 0 Å². The zero-order valence-electron chi connectivity index (χ0n) is 9.39. The molecule has 1 aromatic rings. The molecule has 0 bridgehead atoms. The van der Waals surface area contributed by atoms with Gasteiger partial charge in [0.25, 0.3) is 0 Å². The number of benzene rings is 1. The van der Waals surface area contributed by atoms with E-state index in [9.17, 15) is 0 Å². The van der Waals surface area contributed by atoms with Gasteiger partial charge in [-0.3, -0.25) is 0 Å². The standard InChI is InChI=1S/C13H20N2/c1-15-9-5-8-12(14)13(15)10-11-6-3-2-4-7-11/h2-4,6-7,12-13H,5,8-10,14H2,1H3/t12-,13-/m0/s1. The lowest BCUT2D eigenvalue weighted by atomic mass is 9.92. The van der Waals surface area contributed by atoms with Crippen molar-refractivity contribution in [1.82, 2.24) is 4.90 Å². The molecule has 0 radical (unpaired) electrons. The molecule has 2 atom stereocenters. The number of hydrogen-bond acceptors (Lipinski definition) is 2. The van der Waals surface area contributed by atoms with Crippen LogP contribution in [0.5, 0.6) is 0 Å². The Labute approximate surface area is 92.1 Å². The third-order valence-corrected chi connectivity index (χ3v) is 3.40. The fourth-order valence-electron chi connectivity index (χ4n) is 2.42. The SMILES string of the molecule is CN1CCC[C@H](N)[C@@H]1Cc1ccccc1. The molecule has 2 heteroatoms. The normalized spacial score (nSPS) is 27.9. The number of rotatable bonds is 2. The summed E-state index contributed by atoms with van der Waals surface area (Å²) in [5, 5.41) is 0. The minimum atomic E-state index is 0.337. The first-order chi connectivity index (χ1) is 7.27. The van der Waals surface area contributed by atoms with Crippen molar-refractivity contribution in [2.45, 2.75) is 31.3 Å². The Morgan fingerprint density at radius 3 is 2.73 bits per heavy atom. The molecule has 1 aromatic carbocycles. The first kappa shape index (κ1) is 10.7. The highest BCUT2D eigenvalue weighted by Gasteiger charge is 2.26. The van der Waals surface area contributed by atoms with Crippen LogP contribution in [0.2, 0.25) is 0 Å². The molecular weight excluding hydrogens is 184 g/mol. The minimum absolute atomic E-state index is 0.337. The second kappa shape index (κ2) is 4.77. The maximum atomic E-state index is 6.18. The van der Waals surface area contributed by atoms with Crippen LogP contribution in [0.25, 0.3) is 0 Å². The molecule has 0 unspecified atom stereocenters. The van der Waals surface area contributed by atoms with Crippen LogP contribution in [0.3, 0.4) is 0 Å². The summed E-state index contributed by atoms with van der Waals surface area (Å²) in [5.41, 5.74) is 7.57. The van der Waals surface area contributed by atoms with Crippen molar-refractivity contribution >= 4 is 0 Å². The molecule has 1 aliphatic rings.